The number of imide groups is 1. The first-order chi connectivity index (χ1) is 14.5. The molecule has 0 saturated carbocycles. The molecule has 4 rings (SSSR count). The molecule has 0 aliphatic carbocycles. The molecule has 30 heavy (non-hydrogen) atoms. The van der Waals surface area contributed by atoms with Crippen LogP contribution in [0.5, 0.6) is 5.75 Å². The normalized spacial score (nSPS) is 19.1. The van der Waals surface area contributed by atoms with Gasteiger partial charge in [-0.2, -0.15) is 0 Å². The van der Waals surface area contributed by atoms with Gasteiger partial charge in [0.05, 0.1) is 18.7 Å². The number of ether oxygens (including phenoxy) is 1. The molecule has 0 bridgehead atoms. The molecule has 2 saturated heterocycles. The van der Waals surface area contributed by atoms with Gasteiger partial charge in [0.2, 0.25) is 0 Å². The van der Waals surface area contributed by atoms with Crippen molar-refractivity contribution < 1.29 is 14.3 Å². The van der Waals surface area contributed by atoms with Gasteiger partial charge in [0.25, 0.3) is 11.1 Å². The molecular formula is C23H25N3O3S. The van der Waals surface area contributed by atoms with Crippen molar-refractivity contribution in [1.82, 2.24) is 9.80 Å². The quantitative estimate of drug-likeness (QED) is 0.682. The number of nitrogens with zero attached hydrogens (tertiary/aromatic N) is 3. The van der Waals surface area contributed by atoms with Crippen molar-refractivity contribution in [1.29, 1.82) is 0 Å². The van der Waals surface area contributed by atoms with Gasteiger partial charge < -0.3 is 9.64 Å². The third-order valence-electron chi connectivity index (χ3n) is 5.46. The molecule has 7 heteroatoms. The zero-order valence-electron chi connectivity index (χ0n) is 17.2. The predicted molar refractivity (Wildman–Crippen MR) is 121 cm³/mol. The Bertz CT molecular complexity index is 966. The number of hydrogen-bond acceptors (Lipinski definition) is 6. The molecule has 2 aliphatic heterocycles. The number of methoxy groups -OCH3 is 1. The molecule has 0 aromatic heterocycles. The number of benzene rings is 2. The predicted octanol–water partition coefficient (Wildman–Crippen LogP) is 3.82. The van der Waals surface area contributed by atoms with Crippen molar-refractivity contribution in [3.63, 3.8) is 0 Å². The summed E-state index contributed by atoms with van der Waals surface area (Å²) in [4.78, 5) is 31.6. The molecule has 0 spiro atoms. The Hall–Kier alpha value is -2.77. The Kier molecular flexibility index (Phi) is 6.11. The summed E-state index contributed by atoms with van der Waals surface area (Å²) in [7, 11) is 1.61. The average molecular weight is 424 g/mol. The molecule has 2 aromatic carbocycles. The van der Waals surface area contributed by atoms with E-state index >= 15 is 0 Å². The van der Waals surface area contributed by atoms with Crippen molar-refractivity contribution in [2.75, 3.05) is 44.9 Å². The van der Waals surface area contributed by atoms with E-state index in [1.807, 2.05) is 30.3 Å². The highest BCUT2D eigenvalue weighted by atomic mass is 32.2. The highest BCUT2D eigenvalue weighted by Gasteiger charge is 2.36. The van der Waals surface area contributed by atoms with E-state index in [0.717, 1.165) is 49.3 Å². The summed E-state index contributed by atoms with van der Waals surface area (Å²) in [5, 5.41) is -0.207. The Morgan fingerprint density at radius 2 is 1.70 bits per heavy atom. The van der Waals surface area contributed by atoms with Gasteiger partial charge in [0, 0.05) is 31.9 Å². The fourth-order valence-electron chi connectivity index (χ4n) is 3.72. The molecule has 2 fully saturated rings. The summed E-state index contributed by atoms with van der Waals surface area (Å²) < 4.78 is 5.16. The monoisotopic (exact) mass is 423 g/mol. The van der Waals surface area contributed by atoms with E-state index in [0.29, 0.717) is 11.6 Å². The van der Waals surface area contributed by atoms with E-state index in [1.54, 1.807) is 13.2 Å². The second-order valence-electron chi connectivity index (χ2n) is 7.42. The Morgan fingerprint density at radius 1 is 1.00 bits per heavy atom. The SMILES string of the molecule is COc1ccc(/C=C2/SC(=O)N(CN3CCN(c4ccccc4C)CC3)C2=O)cc1. The number of thioether (sulfide) groups is 1. The van der Waals surface area contributed by atoms with Crippen LogP contribution in [0.15, 0.2) is 53.4 Å². The number of rotatable bonds is 5. The van der Waals surface area contributed by atoms with Crippen LogP contribution in [-0.4, -0.2) is 60.9 Å². The molecule has 0 N–H and O–H groups in total. The fraction of sp³-hybridized carbons (Fsp3) is 0.304. The first kappa shape index (κ1) is 20.5. The van der Waals surface area contributed by atoms with E-state index in [-0.39, 0.29) is 11.1 Å². The maximum Gasteiger partial charge on any atom is 0.294 e. The van der Waals surface area contributed by atoms with Crippen LogP contribution in [0, 0.1) is 6.92 Å². The van der Waals surface area contributed by atoms with Crippen LogP contribution >= 0.6 is 11.8 Å². The minimum atomic E-state index is -0.220. The van der Waals surface area contributed by atoms with E-state index in [2.05, 4.69) is 34.9 Å². The third kappa shape index (κ3) is 4.37. The highest BCUT2D eigenvalue weighted by molar-refractivity contribution is 8.18. The highest BCUT2D eigenvalue weighted by Crippen LogP contribution is 2.32. The van der Waals surface area contributed by atoms with Crippen molar-refractivity contribution in [2.45, 2.75) is 6.92 Å². The zero-order valence-corrected chi connectivity index (χ0v) is 18.0. The molecule has 0 radical (unpaired) electrons. The van der Waals surface area contributed by atoms with Crippen LogP contribution in [0.2, 0.25) is 0 Å². The van der Waals surface area contributed by atoms with Gasteiger partial charge >= 0.3 is 0 Å². The smallest absolute Gasteiger partial charge is 0.294 e. The number of piperazine rings is 1. The Morgan fingerprint density at radius 3 is 2.37 bits per heavy atom. The third-order valence-corrected chi connectivity index (χ3v) is 6.36. The molecule has 2 aliphatic rings. The van der Waals surface area contributed by atoms with Gasteiger partial charge in [-0.25, -0.2) is 0 Å². The van der Waals surface area contributed by atoms with Gasteiger partial charge in [-0.3, -0.25) is 19.4 Å². The summed E-state index contributed by atoms with van der Waals surface area (Å²) in [6.07, 6.45) is 1.76. The maximum absolute atomic E-state index is 12.8. The molecular weight excluding hydrogens is 398 g/mol. The number of carbonyl (C=O) groups is 2. The minimum Gasteiger partial charge on any atom is -0.497 e. The number of amides is 2. The van der Waals surface area contributed by atoms with Crippen LogP contribution in [-0.2, 0) is 4.79 Å². The Labute approximate surface area is 181 Å². The van der Waals surface area contributed by atoms with Crippen LogP contribution in [0.1, 0.15) is 11.1 Å². The number of para-hydroxylation sites is 1. The van der Waals surface area contributed by atoms with E-state index in [1.165, 1.54) is 16.2 Å². The topological polar surface area (TPSA) is 53.1 Å². The maximum atomic E-state index is 12.8. The lowest BCUT2D eigenvalue weighted by atomic mass is 10.1. The van der Waals surface area contributed by atoms with Crippen molar-refractivity contribution in [2.24, 2.45) is 0 Å². The average Bonchev–Trinajstić information content (AvgIpc) is 3.02. The summed E-state index contributed by atoms with van der Waals surface area (Å²) >= 11 is 1.00. The van der Waals surface area contributed by atoms with Gasteiger partial charge in [-0.15, -0.1) is 0 Å². The first-order valence-electron chi connectivity index (χ1n) is 9.97. The summed E-state index contributed by atoms with van der Waals surface area (Å²) in [5.41, 5.74) is 3.39. The molecule has 2 amide bonds. The van der Waals surface area contributed by atoms with Crippen molar-refractivity contribution in [3.05, 3.63) is 64.6 Å². The lowest BCUT2D eigenvalue weighted by molar-refractivity contribution is -0.124. The van der Waals surface area contributed by atoms with Crippen LogP contribution in [0.3, 0.4) is 0 Å². The van der Waals surface area contributed by atoms with Crippen molar-refractivity contribution in [3.8, 4) is 5.75 Å². The molecule has 0 unspecified atom stereocenters. The van der Waals surface area contributed by atoms with Crippen molar-refractivity contribution >= 4 is 34.7 Å². The van der Waals surface area contributed by atoms with E-state index < -0.39 is 0 Å². The molecule has 2 heterocycles. The first-order valence-corrected chi connectivity index (χ1v) is 10.8. The lowest BCUT2D eigenvalue weighted by Crippen LogP contribution is -2.51. The second kappa shape index (κ2) is 8.93. The fourth-order valence-corrected chi connectivity index (χ4v) is 4.55. The van der Waals surface area contributed by atoms with Crippen LogP contribution in [0.25, 0.3) is 6.08 Å². The number of anilines is 1. The second-order valence-corrected chi connectivity index (χ2v) is 8.41. The standard InChI is InChI=1S/C23H25N3O3S/c1-17-5-3-4-6-20(17)25-13-11-24(12-14-25)16-26-22(27)21(30-23(26)28)15-18-7-9-19(29-2)10-8-18/h3-10,15H,11-14,16H2,1-2H3/b21-15+. The summed E-state index contributed by atoms with van der Waals surface area (Å²) in [6, 6.07) is 15.8. The molecule has 6 nitrogen and oxygen atoms in total. The van der Waals surface area contributed by atoms with Gasteiger partial charge in [0.1, 0.15) is 5.75 Å². The molecule has 2 aromatic rings. The summed E-state index contributed by atoms with van der Waals surface area (Å²) in [6.45, 7) is 5.84. The summed E-state index contributed by atoms with van der Waals surface area (Å²) in [5.74, 6) is 0.534. The van der Waals surface area contributed by atoms with Gasteiger partial charge in [-0.1, -0.05) is 30.3 Å². The minimum absolute atomic E-state index is 0.207. The largest absolute Gasteiger partial charge is 0.497 e. The zero-order chi connectivity index (χ0) is 21.1. The number of aryl methyl sites for hydroxylation is 1. The lowest BCUT2D eigenvalue weighted by Gasteiger charge is -2.37. The van der Waals surface area contributed by atoms with E-state index in [9.17, 15) is 9.59 Å². The van der Waals surface area contributed by atoms with Crippen LogP contribution < -0.4 is 9.64 Å². The van der Waals surface area contributed by atoms with E-state index in [4.69, 9.17) is 4.74 Å². The van der Waals surface area contributed by atoms with Gasteiger partial charge in [-0.05, 0) is 54.1 Å². The number of carbonyl (C=O) groups excluding carboxylic acids is 2. The molecule has 0 atom stereocenters. The Balaban J connectivity index is 1.37. The van der Waals surface area contributed by atoms with Gasteiger partial charge in [0.15, 0.2) is 0 Å². The molecule has 156 valence electrons. The number of hydrogen-bond donors (Lipinski definition) is 0. The van der Waals surface area contributed by atoms with Crippen LogP contribution in [0.4, 0.5) is 10.5 Å².